The van der Waals surface area contributed by atoms with Gasteiger partial charge in [0.15, 0.2) is 5.69 Å². The van der Waals surface area contributed by atoms with Crippen LogP contribution < -0.4 is 15.1 Å². The standard InChI is InChI=1S/C19H20ClF4N5O/c1-28(2)16-10-15(19(22,23)24)26-18(27-16)29-7-5-11(6-8-29)17(30)25-12-3-4-14(21)13(20)9-12/h3-4,9-11H,5-8H2,1-2H3,(H,25,30). The molecule has 0 radical (unpaired) electrons. The van der Waals surface area contributed by atoms with Crippen molar-refractivity contribution in [2.24, 2.45) is 5.92 Å². The van der Waals surface area contributed by atoms with Gasteiger partial charge < -0.3 is 15.1 Å². The predicted molar refractivity (Wildman–Crippen MR) is 106 cm³/mol. The molecule has 6 nitrogen and oxygen atoms in total. The second-order valence-electron chi connectivity index (χ2n) is 7.18. The van der Waals surface area contributed by atoms with E-state index >= 15 is 0 Å². The molecule has 0 spiro atoms. The van der Waals surface area contributed by atoms with Crippen LogP contribution in [0.2, 0.25) is 5.02 Å². The number of nitrogens with zero attached hydrogens (tertiary/aromatic N) is 4. The molecule has 2 heterocycles. The van der Waals surface area contributed by atoms with Gasteiger partial charge in [-0.25, -0.2) is 9.37 Å². The number of aromatic nitrogens is 2. The zero-order valence-electron chi connectivity index (χ0n) is 16.3. The predicted octanol–water partition coefficient (Wildman–Crippen LogP) is 4.21. The molecule has 1 saturated heterocycles. The molecular weight excluding hydrogens is 426 g/mol. The summed E-state index contributed by atoms with van der Waals surface area (Å²) in [4.78, 5) is 23.5. The molecule has 1 aliphatic rings. The number of alkyl halides is 3. The zero-order chi connectivity index (χ0) is 22.1. The number of carbonyl (C=O) groups is 1. The van der Waals surface area contributed by atoms with Crippen LogP contribution in [0, 0.1) is 11.7 Å². The molecule has 1 fully saturated rings. The van der Waals surface area contributed by atoms with Gasteiger partial charge in [0, 0.05) is 44.9 Å². The normalized spacial score (nSPS) is 15.2. The van der Waals surface area contributed by atoms with Crippen LogP contribution >= 0.6 is 11.6 Å². The topological polar surface area (TPSA) is 61.4 Å². The van der Waals surface area contributed by atoms with Gasteiger partial charge in [-0.05, 0) is 31.0 Å². The van der Waals surface area contributed by atoms with Crippen LogP contribution in [-0.2, 0) is 11.0 Å². The highest BCUT2D eigenvalue weighted by Crippen LogP contribution is 2.32. The number of rotatable bonds is 4. The van der Waals surface area contributed by atoms with Gasteiger partial charge in [0.05, 0.1) is 5.02 Å². The van der Waals surface area contributed by atoms with Crippen molar-refractivity contribution < 1.29 is 22.4 Å². The van der Waals surface area contributed by atoms with Gasteiger partial charge >= 0.3 is 6.18 Å². The van der Waals surface area contributed by atoms with Crippen molar-refractivity contribution >= 4 is 35.0 Å². The van der Waals surface area contributed by atoms with Crippen LogP contribution in [0.1, 0.15) is 18.5 Å². The molecular formula is C19H20ClF4N5O. The fraction of sp³-hybridized carbons (Fsp3) is 0.421. The average molecular weight is 446 g/mol. The number of benzene rings is 1. The van der Waals surface area contributed by atoms with Crippen molar-refractivity contribution in [1.29, 1.82) is 0 Å². The van der Waals surface area contributed by atoms with E-state index in [0.717, 1.165) is 12.1 Å². The SMILES string of the molecule is CN(C)c1cc(C(F)(F)F)nc(N2CCC(C(=O)Nc3ccc(F)c(Cl)c3)CC2)n1. The Labute approximate surface area is 175 Å². The molecule has 1 N–H and O–H groups in total. The summed E-state index contributed by atoms with van der Waals surface area (Å²) in [7, 11) is 3.20. The van der Waals surface area contributed by atoms with E-state index in [1.165, 1.54) is 17.0 Å². The van der Waals surface area contributed by atoms with Crippen molar-refractivity contribution in [3.8, 4) is 0 Å². The molecule has 1 aromatic heterocycles. The van der Waals surface area contributed by atoms with Gasteiger partial charge in [-0.1, -0.05) is 11.6 Å². The number of nitrogens with one attached hydrogen (secondary N) is 1. The number of anilines is 3. The quantitative estimate of drug-likeness (QED) is 0.714. The highest BCUT2D eigenvalue weighted by Gasteiger charge is 2.35. The molecule has 3 rings (SSSR count). The highest BCUT2D eigenvalue weighted by molar-refractivity contribution is 6.31. The number of piperidine rings is 1. The summed E-state index contributed by atoms with van der Waals surface area (Å²) in [6, 6.07) is 4.79. The first kappa shape index (κ1) is 22.1. The Balaban J connectivity index is 1.68. The van der Waals surface area contributed by atoms with E-state index in [1.54, 1.807) is 19.0 Å². The summed E-state index contributed by atoms with van der Waals surface area (Å²) in [5, 5.41) is 2.60. The molecule has 1 aliphatic heterocycles. The van der Waals surface area contributed by atoms with E-state index in [2.05, 4.69) is 15.3 Å². The third kappa shape index (κ3) is 5.10. The molecule has 11 heteroatoms. The summed E-state index contributed by atoms with van der Waals surface area (Å²) in [5.41, 5.74) is -0.630. The number of hydrogen-bond acceptors (Lipinski definition) is 5. The lowest BCUT2D eigenvalue weighted by Crippen LogP contribution is -2.39. The highest BCUT2D eigenvalue weighted by atomic mass is 35.5. The van der Waals surface area contributed by atoms with Crippen LogP contribution in [0.3, 0.4) is 0 Å². The van der Waals surface area contributed by atoms with E-state index in [1.807, 2.05) is 0 Å². The van der Waals surface area contributed by atoms with Gasteiger partial charge in [-0.15, -0.1) is 0 Å². The van der Waals surface area contributed by atoms with E-state index in [-0.39, 0.29) is 28.6 Å². The Hall–Kier alpha value is -2.62. The summed E-state index contributed by atoms with van der Waals surface area (Å²) in [6.07, 6.45) is -3.76. The Kier molecular flexibility index (Phi) is 6.35. The fourth-order valence-corrected chi connectivity index (χ4v) is 3.28. The first-order chi connectivity index (χ1) is 14.0. The third-order valence-electron chi connectivity index (χ3n) is 4.79. The largest absolute Gasteiger partial charge is 0.433 e. The van der Waals surface area contributed by atoms with Crippen LogP contribution in [0.25, 0.3) is 0 Å². The monoisotopic (exact) mass is 445 g/mol. The number of amides is 1. The van der Waals surface area contributed by atoms with E-state index in [9.17, 15) is 22.4 Å². The molecule has 0 atom stereocenters. The zero-order valence-corrected chi connectivity index (χ0v) is 17.1. The maximum atomic E-state index is 13.2. The van der Waals surface area contributed by atoms with Crippen molar-refractivity contribution in [1.82, 2.24) is 9.97 Å². The Bertz CT molecular complexity index is 930. The first-order valence-corrected chi connectivity index (χ1v) is 9.57. The molecule has 0 aliphatic carbocycles. The lowest BCUT2D eigenvalue weighted by molar-refractivity contribution is -0.141. The Morgan fingerprint density at radius 2 is 1.87 bits per heavy atom. The third-order valence-corrected chi connectivity index (χ3v) is 5.07. The van der Waals surface area contributed by atoms with Crippen LogP contribution in [0.5, 0.6) is 0 Å². The maximum Gasteiger partial charge on any atom is 0.433 e. The fourth-order valence-electron chi connectivity index (χ4n) is 3.10. The van der Waals surface area contributed by atoms with Crippen molar-refractivity contribution in [3.05, 3.63) is 40.8 Å². The minimum atomic E-state index is -4.59. The molecule has 1 amide bonds. The van der Waals surface area contributed by atoms with Gasteiger partial charge in [-0.2, -0.15) is 18.2 Å². The number of carbonyl (C=O) groups excluding carboxylic acids is 1. The van der Waals surface area contributed by atoms with E-state index in [0.29, 0.717) is 31.6 Å². The number of halogens is 5. The Morgan fingerprint density at radius 3 is 2.43 bits per heavy atom. The minimum Gasteiger partial charge on any atom is -0.363 e. The summed E-state index contributed by atoms with van der Waals surface area (Å²) >= 11 is 5.72. The van der Waals surface area contributed by atoms with Gasteiger partial charge in [0.25, 0.3) is 0 Å². The molecule has 30 heavy (non-hydrogen) atoms. The summed E-state index contributed by atoms with van der Waals surface area (Å²) in [5.74, 6) is -1.04. The van der Waals surface area contributed by atoms with Crippen LogP contribution in [-0.4, -0.2) is 43.1 Å². The molecule has 162 valence electrons. The molecule has 0 unspecified atom stereocenters. The van der Waals surface area contributed by atoms with E-state index in [4.69, 9.17) is 11.6 Å². The Morgan fingerprint density at radius 1 is 1.20 bits per heavy atom. The van der Waals surface area contributed by atoms with Gasteiger partial charge in [-0.3, -0.25) is 4.79 Å². The number of hydrogen-bond donors (Lipinski definition) is 1. The summed E-state index contributed by atoms with van der Waals surface area (Å²) in [6.45, 7) is 0.660. The molecule has 0 saturated carbocycles. The lowest BCUT2D eigenvalue weighted by Gasteiger charge is -2.32. The van der Waals surface area contributed by atoms with Gasteiger partial charge in [0.1, 0.15) is 11.6 Å². The van der Waals surface area contributed by atoms with Crippen molar-refractivity contribution in [3.63, 3.8) is 0 Å². The molecule has 1 aromatic carbocycles. The lowest BCUT2D eigenvalue weighted by atomic mass is 9.96. The van der Waals surface area contributed by atoms with Crippen LogP contribution in [0.4, 0.5) is 35.0 Å². The smallest absolute Gasteiger partial charge is 0.363 e. The van der Waals surface area contributed by atoms with E-state index < -0.39 is 17.7 Å². The second-order valence-corrected chi connectivity index (χ2v) is 7.59. The minimum absolute atomic E-state index is 0.0160. The average Bonchev–Trinajstić information content (AvgIpc) is 2.70. The van der Waals surface area contributed by atoms with Crippen molar-refractivity contribution in [2.45, 2.75) is 19.0 Å². The second kappa shape index (κ2) is 8.63. The van der Waals surface area contributed by atoms with Crippen molar-refractivity contribution in [2.75, 3.05) is 42.3 Å². The van der Waals surface area contributed by atoms with Crippen LogP contribution in [0.15, 0.2) is 24.3 Å². The molecule has 2 aromatic rings. The maximum absolute atomic E-state index is 13.2. The summed E-state index contributed by atoms with van der Waals surface area (Å²) < 4.78 is 52.8. The first-order valence-electron chi connectivity index (χ1n) is 9.19. The molecule has 0 bridgehead atoms. The van der Waals surface area contributed by atoms with Gasteiger partial charge in [0.2, 0.25) is 11.9 Å².